The van der Waals surface area contributed by atoms with Gasteiger partial charge in [0.15, 0.2) is 0 Å². The highest BCUT2D eigenvalue weighted by Gasteiger charge is 2.50. The third-order valence-electron chi connectivity index (χ3n) is 3.42. The SMILES string of the molecule is CCC(C)N(CC)C(=O)C1(CN)CC1. The Morgan fingerprint density at radius 1 is 1.50 bits per heavy atom. The number of nitrogens with zero attached hydrogens (tertiary/aromatic N) is 1. The van der Waals surface area contributed by atoms with E-state index in [2.05, 4.69) is 13.8 Å². The molecule has 0 aromatic rings. The maximum absolute atomic E-state index is 12.1. The largest absolute Gasteiger partial charge is 0.340 e. The van der Waals surface area contributed by atoms with Gasteiger partial charge in [0.25, 0.3) is 0 Å². The van der Waals surface area contributed by atoms with Gasteiger partial charge in [-0.2, -0.15) is 0 Å². The summed E-state index contributed by atoms with van der Waals surface area (Å²) in [5.41, 5.74) is 5.48. The smallest absolute Gasteiger partial charge is 0.230 e. The second-order valence-corrected chi connectivity index (χ2v) is 4.33. The van der Waals surface area contributed by atoms with Crippen LogP contribution in [0.2, 0.25) is 0 Å². The van der Waals surface area contributed by atoms with Crippen LogP contribution in [0.5, 0.6) is 0 Å². The molecule has 0 heterocycles. The van der Waals surface area contributed by atoms with Crippen molar-refractivity contribution in [2.24, 2.45) is 11.1 Å². The van der Waals surface area contributed by atoms with Gasteiger partial charge in [0.05, 0.1) is 5.41 Å². The molecule has 0 saturated heterocycles. The van der Waals surface area contributed by atoms with Gasteiger partial charge in [-0.25, -0.2) is 0 Å². The van der Waals surface area contributed by atoms with E-state index in [1.165, 1.54) is 0 Å². The Labute approximate surface area is 86.6 Å². The molecule has 2 N–H and O–H groups in total. The molecule has 1 aliphatic rings. The zero-order valence-corrected chi connectivity index (χ0v) is 9.55. The topological polar surface area (TPSA) is 46.3 Å². The summed E-state index contributed by atoms with van der Waals surface area (Å²) in [7, 11) is 0. The molecule has 0 bridgehead atoms. The van der Waals surface area contributed by atoms with Crippen LogP contribution in [-0.4, -0.2) is 29.9 Å². The van der Waals surface area contributed by atoms with Crippen molar-refractivity contribution in [3.63, 3.8) is 0 Å². The molecule has 1 atom stereocenters. The Morgan fingerprint density at radius 2 is 2.07 bits per heavy atom. The van der Waals surface area contributed by atoms with Gasteiger partial charge in [-0.1, -0.05) is 6.92 Å². The fourth-order valence-corrected chi connectivity index (χ4v) is 1.84. The lowest BCUT2D eigenvalue weighted by molar-refractivity contribution is -0.138. The average Bonchev–Trinajstić information content (AvgIpc) is 2.99. The maximum atomic E-state index is 12.1. The number of rotatable bonds is 5. The molecule has 3 heteroatoms. The van der Waals surface area contributed by atoms with Crippen LogP contribution in [0.4, 0.5) is 0 Å². The van der Waals surface area contributed by atoms with Crippen molar-refractivity contribution in [2.75, 3.05) is 13.1 Å². The third-order valence-corrected chi connectivity index (χ3v) is 3.42. The maximum Gasteiger partial charge on any atom is 0.230 e. The first-order valence-corrected chi connectivity index (χ1v) is 5.62. The molecule has 82 valence electrons. The van der Waals surface area contributed by atoms with Crippen LogP contribution in [-0.2, 0) is 4.79 Å². The van der Waals surface area contributed by atoms with Gasteiger partial charge in [-0.3, -0.25) is 4.79 Å². The number of hydrogen-bond acceptors (Lipinski definition) is 2. The molecule has 1 amide bonds. The van der Waals surface area contributed by atoms with Crippen molar-refractivity contribution in [3.05, 3.63) is 0 Å². The summed E-state index contributed by atoms with van der Waals surface area (Å²) >= 11 is 0. The van der Waals surface area contributed by atoms with E-state index >= 15 is 0 Å². The van der Waals surface area contributed by atoms with Crippen LogP contribution in [0.3, 0.4) is 0 Å². The Kier molecular flexibility index (Phi) is 3.53. The van der Waals surface area contributed by atoms with E-state index < -0.39 is 0 Å². The summed E-state index contributed by atoms with van der Waals surface area (Å²) in [6.45, 7) is 7.57. The molecular formula is C11H22N2O. The molecule has 0 aromatic carbocycles. The molecule has 14 heavy (non-hydrogen) atoms. The molecule has 1 fully saturated rings. The van der Waals surface area contributed by atoms with Gasteiger partial charge < -0.3 is 10.6 Å². The first-order valence-electron chi connectivity index (χ1n) is 5.62. The van der Waals surface area contributed by atoms with E-state index in [9.17, 15) is 4.79 Å². The van der Waals surface area contributed by atoms with E-state index in [1.807, 2.05) is 11.8 Å². The van der Waals surface area contributed by atoms with Crippen LogP contribution in [0, 0.1) is 5.41 Å². The summed E-state index contributed by atoms with van der Waals surface area (Å²) in [4.78, 5) is 14.1. The molecule has 1 unspecified atom stereocenters. The second-order valence-electron chi connectivity index (χ2n) is 4.33. The Balaban J connectivity index is 2.65. The summed E-state index contributed by atoms with van der Waals surface area (Å²) in [5.74, 6) is 0.275. The lowest BCUT2D eigenvalue weighted by Crippen LogP contribution is -2.44. The van der Waals surface area contributed by atoms with Crippen LogP contribution >= 0.6 is 0 Å². The third kappa shape index (κ3) is 1.92. The number of nitrogens with two attached hydrogens (primary N) is 1. The van der Waals surface area contributed by atoms with Gasteiger partial charge in [-0.15, -0.1) is 0 Å². The predicted molar refractivity (Wildman–Crippen MR) is 57.9 cm³/mol. The summed E-state index contributed by atoms with van der Waals surface area (Å²) in [6.07, 6.45) is 2.98. The molecule has 3 nitrogen and oxygen atoms in total. The van der Waals surface area contributed by atoms with Crippen molar-refractivity contribution in [1.82, 2.24) is 4.90 Å². The lowest BCUT2D eigenvalue weighted by atomic mass is 10.0. The minimum Gasteiger partial charge on any atom is -0.340 e. The Morgan fingerprint density at radius 3 is 2.36 bits per heavy atom. The summed E-state index contributed by atoms with van der Waals surface area (Å²) in [5, 5.41) is 0. The zero-order chi connectivity index (χ0) is 10.8. The van der Waals surface area contributed by atoms with Gasteiger partial charge in [-0.05, 0) is 33.1 Å². The monoisotopic (exact) mass is 198 g/mol. The minimum absolute atomic E-state index is 0.181. The number of hydrogen-bond donors (Lipinski definition) is 1. The molecule has 1 saturated carbocycles. The van der Waals surface area contributed by atoms with Crippen molar-refractivity contribution in [2.45, 2.75) is 46.1 Å². The summed E-state index contributed by atoms with van der Waals surface area (Å²) < 4.78 is 0. The molecule has 0 radical (unpaired) electrons. The van der Waals surface area contributed by atoms with Crippen LogP contribution in [0.1, 0.15) is 40.0 Å². The van der Waals surface area contributed by atoms with Crippen LogP contribution in [0.25, 0.3) is 0 Å². The quantitative estimate of drug-likeness (QED) is 0.725. The normalized spacial score (nSPS) is 20.3. The van der Waals surface area contributed by atoms with Gasteiger partial charge in [0.2, 0.25) is 5.91 Å². The van der Waals surface area contributed by atoms with Crippen LogP contribution < -0.4 is 5.73 Å². The first-order chi connectivity index (χ1) is 6.61. The number of amides is 1. The predicted octanol–water partition coefficient (Wildman–Crippen LogP) is 1.37. The molecule has 1 rings (SSSR count). The highest BCUT2D eigenvalue weighted by molar-refractivity contribution is 5.85. The first kappa shape index (κ1) is 11.5. The minimum atomic E-state index is -0.181. The van der Waals surface area contributed by atoms with Gasteiger partial charge in [0.1, 0.15) is 0 Å². The second kappa shape index (κ2) is 4.30. The van der Waals surface area contributed by atoms with Crippen molar-refractivity contribution < 1.29 is 4.79 Å². The highest BCUT2D eigenvalue weighted by Crippen LogP contribution is 2.46. The Hall–Kier alpha value is -0.570. The van der Waals surface area contributed by atoms with E-state index in [0.29, 0.717) is 12.6 Å². The van der Waals surface area contributed by atoms with Crippen LogP contribution in [0.15, 0.2) is 0 Å². The summed E-state index contributed by atoms with van der Waals surface area (Å²) in [6, 6.07) is 0.344. The number of carbonyl (C=O) groups excluding carboxylic acids is 1. The highest BCUT2D eigenvalue weighted by atomic mass is 16.2. The number of carbonyl (C=O) groups is 1. The molecule has 0 spiro atoms. The fraction of sp³-hybridized carbons (Fsp3) is 0.909. The van der Waals surface area contributed by atoms with E-state index in [0.717, 1.165) is 25.8 Å². The standard InChI is InChI=1S/C11H22N2O/c1-4-9(3)13(5-2)10(14)11(8-12)6-7-11/h9H,4-8,12H2,1-3H3. The molecule has 1 aliphatic carbocycles. The Bertz CT molecular complexity index is 211. The lowest BCUT2D eigenvalue weighted by Gasteiger charge is -2.30. The van der Waals surface area contributed by atoms with E-state index in [4.69, 9.17) is 5.73 Å². The van der Waals surface area contributed by atoms with Crippen molar-refractivity contribution >= 4 is 5.91 Å². The van der Waals surface area contributed by atoms with Crippen molar-refractivity contribution in [3.8, 4) is 0 Å². The van der Waals surface area contributed by atoms with Crippen molar-refractivity contribution in [1.29, 1.82) is 0 Å². The fourth-order valence-electron chi connectivity index (χ4n) is 1.84. The molecular weight excluding hydrogens is 176 g/mol. The molecule has 0 aliphatic heterocycles. The van der Waals surface area contributed by atoms with Gasteiger partial charge in [0, 0.05) is 19.1 Å². The average molecular weight is 198 g/mol. The van der Waals surface area contributed by atoms with Gasteiger partial charge >= 0.3 is 0 Å². The van der Waals surface area contributed by atoms with E-state index in [1.54, 1.807) is 0 Å². The zero-order valence-electron chi connectivity index (χ0n) is 9.55. The molecule has 0 aromatic heterocycles. The van der Waals surface area contributed by atoms with E-state index in [-0.39, 0.29) is 11.3 Å².